The van der Waals surface area contributed by atoms with E-state index >= 15 is 0 Å². The van der Waals surface area contributed by atoms with E-state index in [0.717, 1.165) is 31.1 Å². The second-order valence-corrected chi connectivity index (χ2v) is 5.08. The average molecular weight is 268 g/mol. The van der Waals surface area contributed by atoms with Crippen molar-refractivity contribution >= 4 is 17.2 Å². The summed E-state index contributed by atoms with van der Waals surface area (Å²) in [6.45, 7) is 2.77. The molecule has 0 fully saturated rings. The maximum atomic E-state index is 4.75. The zero-order chi connectivity index (χ0) is 13.9. The van der Waals surface area contributed by atoms with Gasteiger partial charge in [-0.05, 0) is 31.3 Å². The predicted octanol–water partition coefficient (Wildman–Crippen LogP) is 2.39. The molecule has 4 nitrogen and oxygen atoms in total. The van der Waals surface area contributed by atoms with Crippen molar-refractivity contribution in [2.75, 3.05) is 37.0 Å². The molecule has 0 radical (unpaired) electrons. The molecule has 4 heteroatoms. The van der Waals surface area contributed by atoms with Gasteiger partial charge in [0, 0.05) is 26.7 Å². The number of nitrogens with one attached hydrogen (secondary N) is 1. The molecular weight excluding hydrogens is 248 g/mol. The first-order chi connectivity index (χ1) is 9.79. The summed E-state index contributed by atoms with van der Waals surface area (Å²) in [5, 5.41) is 3.15. The minimum absolute atomic E-state index is 0.795. The molecule has 0 amide bonds. The Balaban J connectivity index is 1.99. The van der Waals surface area contributed by atoms with Crippen LogP contribution < -0.4 is 15.1 Å². The van der Waals surface area contributed by atoms with Crippen LogP contribution in [0.3, 0.4) is 0 Å². The molecule has 0 spiro atoms. The molecule has 1 aliphatic rings. The van der Waals surface area contributed by atoms with Crippen LogP contribution in [0.4, 0.5) is 17.2 Å². The number of nitrogens with zero attached hydrogens (tertiary/aromatic N) is 3. The van der Waals surface area contributed by atoms with Gasteiger partial charge < -0.3 is 15.1 Å². The van der Waals surface area contributed by atoms with E-state index in [1.165, 1.54) is 11.4 Å². The maximum absolute atomic E-state index is 4.75. The van der Waals surface area contributed by atoms with Crippen molar-refractivity contribution in [3.05, 3.63) is 48.2 Å². The molecule has 1 aromatic heterocycles. The fourth-order valence-electron chi connectivity index (χ4n) is 2.64. The zero-order valence-corrected chi connectivity index (χ0v) is 12.0. The zero-order valence-electron chi connectivity index (χ0n) is 12.0. The first kappa shape index (κ1) is 12.9. The number of pyridine rings is 1. The number of aromatic nitrogens is 1. The van der Waals surface area contributed by atoms with Gasteiger partial charge in [-0.3, -0.25) is 0 Å². The highest BCUT2D eigenvalue weighted by Crippen LogP contribution is 2.35. The van der Waals surface area contributed by atoms with Gasteiger partial charge in [0.2, 0.25) is 0 Å². The molecule has 3 rings (SSSR count). The Morgan fingerprint density at radius 3 is 2.65 bits per heavy atom. The van der Waals surface area contributed by atoms with Gasteiger partial charge in [-0.1, -0.05) is 18.2 Å². The molecule has 104 valence electrons. The normalized spacial score (nSPS) is 14.3. The second-order valence-electron chi connectivity index (χ2n) is 5.08. The lowest BCUT2D eigenvalue weighted by Gasteiger charge is -2.36. The molecule has 0 saturated heterocycles. The van der Waals surface area contributed by atoms with Crippen molar-refractivity contribution < 1.29 is 0 Å². The first-order valence-electron chi connectivity index (χ1n) is 6.98. The van der Waals surface area contributed by atoms with Gasteiger partial charge in [-0.2, -0.15) is 0 Å². The smallest absolute Gasteiger partial charge is 0.133 e. The van der Waals surface area contributed by atoms with Crippen LogP contribution >= 0.6 is 0 Å². The Labute approximate surface area is 120 Å². The minimum atomic E-state index is 0.795. The topological polar surface area (TPSA) is 31.4 Å². The maximum Gasteiger partial charge on any atom is 0.133 e. The quantitative estimate of drug-likeness (QED) is 0.926. The van der Waals surface area contributed by atoms with Gasteiger partial charge in [0.1, 0.15) is 5.82 Å². The van der Waals surface area contributed by atoms with Crippen molar-refractivity contribution in [1.29, 1.82) is 0 Å². The SMILES string of the molecule is CNCc1cccc(N2CCN(C)c3ccccc32)n1. The summed E-state index contributed by atoms with van der Waals surface area (Å²) in [4.78, 5) is 9.35. The Kier molecular flexibility index (Phi) is 3.56. The van der Waals surface area contributed by atoms with E-state index in [0.29, 0.717) is 0 Å². The van der Waals surface area contributed by atoms with Crippen molar-refractivity contribution in [2.45, 2.75) is 6.54 Å². The Morgan fingerprint density at radius 2 is 1.85 bits per heavy atom. The molecule has 0 atom stereocenters. The second kappa shape index (κ2) is 5.51. The van der Waals surface area contributed by atoms with Crippen LogP contribution in [-0.4, -0.2) is 32.2 Å². The van der Waals surface area contributed by atoms with E-state index in [-0.39, 0.29) is 0 Å². The lowest BCUT2D eigenvalue weighted by Crippen LogP contribution is -2.36. The largest absolute Gasteiger partial charge is 0.371 e. The number of anilines is 3. The van der Waals surface area contributed by atoms with Crippen molar-refractivity contribution in [3.63, 3.8) is 0 Å². The summed E-state index contributed by atoms with van der Waals surface area (Å²) in [7, 11) is 4.08. The summed E-state index contributed by atoms with van der Waals surface area (Å²) in [6.07, 6.45) is 0. The molecule has 0 aliphatic carbocycles. The van der Waals surface area contributed by atoms with Crippen molar-refractivity contribution in [2.24, 2.45) is 0 Å². The standard InChI is InChI=1S/C16H20N4/c1-17-12-13-6-5-9-16(18-13)20-11-10-19(2)14-7-3-4-8-15(14)20/h3-9,17H,10-12H2,1-2H3. The highest BCUT2D eigenvalue weighted by molar-refractivity contribution is 5.78. The summed E-state index contributed by atoms with van der Waals surface area (Å²) >= 11 is 0. The molecule has 20 heavy (non-hydrogen) atoms. The van der Waals surface area contributed by atoms with Crippen LogP contribution in [0.15, 0.2) is 42.5 Å². The Hall–Kier alpha value is -2.07. The van der Waals surface area contributed by atoms with Gasteiger partial charge >= 0.3 is 0 Å². The minimum Gasteiger partial charge on any atom is -0.371 e. The van der Waals surface area contributed by atoms with Crippen LogP contribution in [-0.2, 0) is 6.54 Å². The van der Waals surface area contributed by atoms with Crippen molar-refractivity contribution in [1.82, 2.24) is 10.3 Å². The third-order valence-electron chi connectivity index (χ3n) is 3.67. The number of likely N-dealkylation sites (N-methyl/N-ethyl adjacent to an activating group) is 1. The highest BCUT2D eigenvalue weighted by atomic mass is 15.3. The molecular formula is C16H20N4. The molecule has 1 aliphatic heterocycles. The van der Waals surface area contributed by atoms with E-state index in [1.807, 2.05) is 7.05 Å². The molecule has 0 bridgehead atoms. The van der Waals surface area contributed by atoms with E-state index < -0.39 is 0 Å². The number of hydrogen-bond acceptors (Lipinski definition) is 4. The average Bonchev–Trinajstić information content (AvgIpc) is 2.49. The molecule has 0 unspecified atom stereocenters. The molecule has 1 N–H and O–H groups in total. The number of fused-ring (bicyclic) bond motifs is 1. The van der Waals surface area contributed by atoms with Gasteiger partial charge in [-0.15, -0.1) is 0 Å². The van der Waals surface area contributed by atoms with E-state index in [4.69, 9.17) is 4.98 Å². The third-order valence-corrected chi connectivity index (χ3v) is 3.67. The summed E-state index contributed by atoms with van der Waals surface area (Å²) < 4.78 is 0. The first-order valence-corrected chi connectivity index (χ1v) is 6.98. The third kappa shape index (κ3) is 2.34. The van der Waals surface area contributed by atoms with Gasteiger partial charge in [0.15, 0.2) is 0 Å². The lowest BCUT2D eigenvalue weighted by molar-refractivity contribution is 0.777. The number of rotatable bonds is 3. The Bertz CT molecular complexity index is 597. The Morgan fingerprint density at radius 1 is 1.05 bits per heavy atom. The molecule has 2 heterocycles. The fraction of sp³-hybridized carbons (Fsp3) is 0.312. The van der Waals surface area contributed by atoms with E-state index in [1.54, 1.807) is 0 Å². The van der Waals surface area contributed by atoms with E-state index in [9.17, 15) is 0 Å². The van der Waals surface area contributed by atoms with Crippen LogP contribution in [0.5, 0.6) is 0 Å². The van der Waals surface area contributed by atoms with Crippen LogP contribution in [0.25, 0.3) is 0 Å². The fourth-order valence-corrected chi connectivity index (χ4v) is 2.64. The summed E-state index contributed by atoms with van der Waals surface area (Å²) in [6, 6.07) is 14.7. The lowest BCUT2D eigenvalue weighted by atomic mass is 10.1. The number of para-hydroxylation sites is 2. The van der Waals surface area contributed by atoms with Crippen LogP contribution in [0, 0.1) is 0 Å². The monoisotopic (exact) mass is 268 g/mol. The molecule has 1 aromatic carbocycles. The molecule has 2 aromatic rings. The summed E-state index contributed by atoms with van der Waals surface area (Å²) in [5.74, 6) is 1.03. The number of hydrogen-bond donors (Lipinski definition) is 1. The van der Waals surface area contributed by atoms with E-state index in [2.05, 4.69) is 64.6 Å². The number of benzene rings is 1. The van der Waals surface area contributed by atoms with Crippen molar-refractivity contribution in [3.8, 4) is 0 Å². The molecule has 0 saturated carbocycles. The summed E-state index contributed by atoms with van der Waals surface area (Å²) in [5.41, 5.74) is 3.57. The highest BCUT2D eigenvalue weighted by Gasteiger charge is 2.21. The van der Waals surface area contributed by atoms with Gasteiger partial charge in [-0.25, -0.2) is 4.98 Å². The van der Waals surface area contributed by atoms with Crippen LogP contribution in [0.2, 0.25) is 0 Å². The van der Waals surface area contributed by atoms with Crippen LogP contribution in [0.1, 0.15) is 5.69 Å². The van der Waals surface area contributed by atoms with Gasteiger partial charge in [0.05, 0.1) is 17.1 Å². The predicted molar refractivity (Wildman–Crippen MR) is 83.7 cm³/mol. The van der Waals surface area contributed by atoms with Gasteiger partial charge in [0.25, 0.3) is 0 Å².